The molecule has 2 aliphatic rings. The first-order valence-corrected chi connectivity index (χ1v) is 5.24. The summed E-state index contributed by atoms with van der Waals surface area (Å²) in [5.74, 6) is 1.13. The van der Waals surface area contributed by atoms with Gasteiger partial charge >= 0.3 is 0 Å². The molecular weight excluding hydrogens is 172 g/mol. The third kappa shape index (κ3) is 1.89. The molecule has 2 rings (SSSR count). The highest BCUT2D eigenvalue weighted by molar-refractivity contribution is 5.96. The first kappa shape index (κ1) is 9.50. The van der Waals surface area contributed by atoms with Crippen molar-refractivity contribution < 1.29 is 0 Å². The average Bonchev–Trinajstić information content (AvgIpc) is 2.47. The molecule has 0 bridgehead atoms. The molecule has 0 spiro atoms. The van der Waals surface area contributed by atoms with Gasteiger partial charge in [0.15, 0.2) is 0 Å². The van der Waals surface area contributed by atoms with E-state index in [9.17, 15) is 0 Å². The molecule has 14 heavy (non-hydrogen) atoms. The van der Waals surface area contributed by atoms with Crippen LogP contribution in [-0.2, 0) is 0 Å². The van der Waals surface area contributed by atoms with E-state index < -0.39 is 0 Å². The van der Waals surface area contributed by atoms with Crippen LogP contribution in [-0.4, -0.2) is 23.3 Å². The minimum atomic E-state index is 0.380. The summed E-state index contributed by atoms with van der Waals surface area (Å²) in [7, 11) is 0. The maximum atomic E-state index is 4.53. The number of rotatable bonds is 1. The van der Waals surface area contributed by atoms with Crippen LogP contribution in [0.2, 0.25) is 0 Å². The molecular formula is C12H18N2. The molecule has 0 amide bonds. The van der Waals surface area contributed by atoms with Crippen molar-refractivity contribution in [3.8, 4) is 0 Å². The van der Waals surface area contributed by atoms with Gasteiger partial charge < -0.3 is 4.90 Å². The Hall–Kier alpha value is -1.05. The highest BCUT2D eigenvalue weighted by Crippen LogP contribution is 2.27. The van der Waals surface area contributed by atoms with Crippen molar-refractivity contribution in [2.45, 2.75) is 33.2 Å². The summed E-state index contributed by atoms with van der Waals surface area (Å²) in [5, 5.41) is 0. The molecule has 2 heterocycles. The number of hydrogen-bond donors (Lipinski definition) is 0. The lowest BCUT2D eigenvalue weighted by molar-refractivity contribution is 0.280. The van der Waals surface area contributed by atoms with Crippen molar-refractivity contribution in [3.63, 3.8) is 0 Å². The summed E-state index contributed by atoms with van der Waals surface area (Å²) >= 11 is 0. The minimum Gasteiger partial charge on any atom is -0.328 e. The van der Waals surface area contributed by atoms with Crippen LogP contribution in [0.15, 0.2) is 29.4 Å². The zero-order chi connectivity index (χ0) is 10.2. The SMILES string of the molecule is CC(C)(C)CC1CN=C2C=CC=CN21. The van der Waals surface area contributed by atoms with E-state index in [-0.39, 0.29) is 0 Å². The molecule has 1 unspecified atom stereocenters. The first-order chi connectivity index (χ1) is 6.56. The Morgan fingerprint density at radius 3 is 2.93 bits per heavy atom. The number of aliphatic imine (C=N–C) groups is 1. The highest BCUT2D eigenvalue weighted by atomic mass is 15.3. The van der Waals surface area contributed by atoms with Gasteiger partial charge in [0.1, 0.15) is 5.84 Å². The second-order valence-corrected chi connectivity index (χ2v) is 5.23. The number of allylic oxidation sites excluding steroid dienone is 2. The zero-order valence-electron chi connectivity index (χ0n) is 9.20. The fraction of sp³-hybridized carbons (Fsp3) is 0.583. The van der Waals surface area contributed by atoms with Crippen LogP contribution in [0.4, 0.5) is 0 Å². The Bertz CT molecular complexity index is 305. The largest absolute Gasteiger partial charge is 0.328 e. The van der Waals surface area contributed by atoms with Crippen LogP contribution >= 0.6 is 0 Å². The standard InChI is InChI=1S/C12H18N2/c1-12(2,3)8-10-9-13-11-6-4-5-7-14(10)11/h4-7,10H,8-9H2,1-3H3. The van der Waals surface area contributed by atoms with E-state index in [1.54, 1.807) is 0 Å². The minimum absolute atomic E-state index is 0.380. The Labute approximate surface area is 86.0 Å². The highest BCUT2D eigenvalue weighted by Gasteiger charge is 2.29. The van der Waals surface area contributed by atoms with Gasteiger partial charge in [-0.3, -0.25) is 4.99 Å². The van der Waals surface area contributed by atoms with Crippen molar-refractivity contribution in [2.75, 3.05) is 6.54 Å². The molecule has 0 aromatic rings. The van der Waals surface area contributed by atoms with Crippen LogP contribution < -0.4 is 0 Å². The molecule has 0 aromatic heterocycles. The summed E-state index contributed by atoms with van der Waals surface area (Å²) in [5.41, 5.74) is 0.380. The lowest BCUT2D eigenvalue weighted by Crippen LogP contribution is -2.35. The second kappa shape index (κ2) is 3.26. The molecule has 2 aliphatic heterocycles. The van der Waals surface area contributed by atoms with Gasteiger partial charge in [0, 0.05) is 6.20 Å². The van der Waals surface area contributed by atoms with Crippen LogP contribution in [0, 0.1) is 5.41 Å². The molecule has 1 atom stereocenters. The molecule has 2 heteroatoms. The molecule has 0 aromatic carbocycles. The lowest BCUT2D eigenvalue weighted by atomic mass is 9.88. The number of fused-ring (bicyclic) bond motifs is 1. The van der Waals surface area contributed by atoms with E-state index >= 15 is 0 Å². The van der Waals surface area contributed by atoms with Crippen molar-refractivity contribution in [2.24, 2.45) is 10.4 Å². The van der Waals surface area contributed by atoms with Crippen molar-refractivity contribution in [1.82, 2.24) is 4.90 Å². The van der Waals surface area contributed by atoms with E-state index in [2.05, 4.69) is 55.1 Å². The lowest BCUT2D eigenvalue weighted by Gasteiger charge is -2.30. The molecule has 2 nitrogen and oxygen atoms in total. The van der Waals surface area contributed by atoms with Gasteiger partial charge in [-0.15, -0.1) is 0 Å². The van der Waals surface area contributed by atoms with Gasteiger partial charge in [-0.2, -0.15) is 0 Å². The molecule has 0 radical (unpaired) electrons. The van der Waals surface area contributed by atoms with Gasteiger partial charge in [-0.05, 0) is 24.0 Å². The topological polar surface area (TPSA) is 15.6 Å². The summed E-state index contributed by atoms with van der Waals surface area (Å²) in [6.45, 7) is 7.80. The van der Waals surface area contributed by atoms with Crippen LogP contribution in [0.5, 0.6) is 0 Å². The van der Waals surface area contributed by atoms with Gasteiger partial charge in [-0.25, -0.2) is 0 Å². The van der Waals surface area contributed by atoms with Crippen LogP contribution in [0.1, 0.15) is 27.2 Å². The van der Waals surface area contributed by atoms with Crippen LogP contribution in [0.3, 0.4) is 0 Å². The molecule has 76 valence electrons. The van der Waals surface area contributed by atoms with E-state index in [0.717, 1.165) is 12.4 Å². The Balaban J connectivity index is 2.06. The maximum Gasteiger partial charge on any atom is 0.127 e. The van der Waals surface area contributed by atoms with E-state index in [1.165, 1.54) is 6.42 Å². The normalized spacial score (nSPS) is 25.2. The monoisotopic (exact) mass is 190 g/mol. The number of hydrogen-bond acceptors (Lipinski definition) is 2. The second-order valence-electron chi connectivity index (χ2n) is 5.23. The third-order valence-corrected chi connectivity index (χ3v) is 2.57. The number of amidine groups is 1. The Morgan fingerprint density at radius 1 is 1.43 bits per heavy atom. The predicted molar refractivity (Wildman–Crippen MR) is 60.3 cm³/mol. The van der Waals surface area contributed by atoms with Gasteiger partial charge in [0.25, 0.3) is 0 Å². The van der Waals surface area contributed by atoms with Gasteiger partial charge in [-0.1, -0.05) is 26.8 Å². The Morgan fingerprint density at radius 2 is 2.21 bits per heavy atom. The third-order valence-electron chi connectivity index (χ3n) is 2.57. The van der Waals surface area contributed by atoms with Crippen molar-refractivity contribution >= 4 is 5.84 Å². The summed E-state index contributed by atoms with van der Waals surface area (Å²) in [4.78, 5) is 6.82. The Kier molecular flexibility index (Phi) is 2.22. The number of nitrogens with zero attached hydrogens (tertiary/aromatic N) is 2. The first-order valence-electron chi connectivity index (χ1n) is 5.24. The predicted octanol–water partition coefficient (Wildman–Crippen LogP) is 2.59. The van der Waals surface area contributed by atoms with Gasteiger partial charge in [0.2, 0.25) is 0 Å². The molecule has 0 N–H and O–H groups in total. The molecule has 0 saturated carbocycles. The quantitative estimate of drug-likeness (QED) is 0.620. The summed E-state index contributed by atoms with van der Waals surface area (Å²) < 4.78 is 0. The smallest absolute Gasteiger partial charge is 0.127 e. The summed E-state index contributed by atoms with van der Waals surface area (Å²) in [6, 6.07) is 0.561. The molecule has 0 fully saturated rings. The van der Waals surface area contributed by atoms with Crippen molar-refractivity contribution in [1.29, 1.82) is 0 Å². The molecule has 0 aliphatic carbocycles. The van der Waals surface area contributed by atoms with E-state index in [1.807, 2.05) is 0 Å². The van der Waals surface area contributed by atoms with Crippen LogP contribution in [0.25, 0.3) is 0 Å². The van der Waals surface area contributed by atoms with E-state index in [4.69, 9.17) is 0 Å². The average molecular weight is 190 g/mol. The summed E-state index contributed by atoms with van der Waals surface area (Å²) in [6.07, 6.45) is 9.55. The molecule has 0 saturated heterocycles. The zero-order valence-corrected chi connectivity index (χ0v) is 9.20. The van der Waals surface area contributed by atoms with E-state index in [0.29, 0.717) is 11.5 Å². The maximum absolute atomic E-state index is 4.53. The fourth-order valence-electron chi connectivity index (χ4n) is 2.05. The fourth-order valence-corrected chi connectivity index (χ4v) is 2.05. The van der Waals surface area contributed by atoms with Gasteiger partial charge in [0.05, 0.1) is 12.6 Å². The van der Waals surface area contributed by atoms with Crippen molar-refractivity contribution in [3.05, 3.63) is 24.4 Å².